The van der Waals surface area contributed by atoms with E-state index < -0.39 is 0 Å². The lowest BCUT2D eigenvalue weighted by Crippen LogP contribution is -2.31. The zero-order valence-electron chi connectivity index (χ0n) is 11.9. The molecule has 0 saturated carbocycles. The summed E-state index contributed by atoms with van der Waals surface area (Å²) in [6.45, 7) is 2.62. The number of nitrogens with two attached hydrogens (primary N) is 1. The van der Waals surface area contributed by atoms with Crippen LogP contribution in [0.1, 0.15) is 22.7 Å². The van der Waals surface area contributed by atoms with E-state index in [9.17, 15) is 0 Å². The molecule has 2 aromatic rings. The predicted molar refractivity (Wildman–Crippen MR) is 82.5 cm³/mol. The molecule has 0 aliphatic rings. The average molecular weight is 265 g/mol. The summed E-state index contributed by atoms with van der Waals surface area (Å²) < 4.78 is 0. The Hall–Kier alpha value is -2.31. The van der Waals surface area contributed by atoms with Crippen LogP contribution in [0.3, 0.4) is 0 Å². The number of benzene rings is 2. The highest BCUT2D eigenvalue weighted by Gasteiger charge is 2.17. The van der Waals surface area contributed by atoms with Crippen molar-refractivity contribution in [3.8, 4) is 6.07 Å². The van der Waals surface area contributed by atoms with Gasteiger partial charge in [-0.15, -0.1) is 0 Å². The molecule has 3 heteroatoms. The van der Waals surface area contributed by atoms with E-state index in [-0.39, 0.29) is 6.04 Å². The first-order chi connectivity index (χ1) is 9.67. The lowest BCUT2D eigenvalue weighted by Gasteiger charge is -2.30. The Morgan fingerprint density at radius 2 is 1.95 bits per heavy atom. The van der Waals surface area contributed by atoms with Crippen molar-refractivity contribution in [1.29, 1.82) is 5.26 Å². The summed E-state index contributed by atoms with van der Waals surface area (Å²) >= 11 is 0. The Labute approximate surface area is 120 Å². The third-order valence-electron chi connectivity index (χ3n) is 3.62. The van der Waals surface area contributed by atoms with Crippen LogP contribution in [0.25, 0.3) is 0 Å². The highest BCUT2D eigenvalue weighted by Crippen LogP contribution is 2.27. The number of hydrogen-bond donors (Lipinski definition) is 1. The van der Waals surface area contributed by atoms with Crippen molar-refractivity contribution >= 4 is 5.69 Å². The zero-order valence-corrected chi connectivity index (χ0v) is 11.9. The molecule has 0 heterocycles. The molecule has 0 spiro atoms. The minimum absolute atomic E-state index is 0.102. The summed E-state index contributed by atoms with van der Waals surface area (Å²) in [6.07, 6.45) is 0. The van der Waals surface area contributed by atoms with Gasteiger partial charge in [-0.1, -0.05) is 30.3 Å². The zero-order chi connectivity index (χ0) is 14.5. The molecule has 2 aromatic carbocycles. The van der Waals surface area contributed by atoms with E-state index in [1.54, 1.807) is 0 Å². The maximum Gasteiger partial charge on any atom is 0.0992 e. The molecule has 0 radical (unpaired) electrons. The van der Waals surface area contributed by atoms with Gasteiger partial charge in [0.1, 0.15) is 0 Å². The van der Waals surface area contributed by atoms with Crippen LogP contribution in [0.15, 0.2) is 48.5 Å². The molecule has 0 fully saturated rings. The van der Waals surface area contributed by atoms with Crippen molar-refractivity contribution in [3.05, 3.63) is 65.2 Å². The minimum Gasteiger partial charge on any atom is -0.366 e. The molecule has 0 aliphatic heterocycles. The predicted octanol–water partition coefficient (Wildman–Crippen LogP) is 3.00. The molecule has 2 N–H and O–H groups in total. The van der Waals surface area contributed by atoms with Crippen LogP contribution < -0.4 is 10.6 Å². The third kappa shape index (κ3) is 2.81. The Kier molecular flexibility index (Phi) is 4.39. The van der Waals surface area contributed by atoms with Gasteiger partial charge in [0, 0.05) is 19.3 Å². The highest BCUT2D eigenvalue weighted by molar-refractivity contribution is 5.53. The first-order valence-corrected chi connectivity index (χ1v) is 6.66. The second-order valence-electron chi connectivity index (χ2n) is 4.88. The molecular weight excluding hydrogens is 246 g/mol. The van der Waals surface area contributed by atoms with Gasteiger partial charge < -0.3 is 10.6 Å². The van der Waals surface area contributed by atoms with Gasteiger partial charge in [0.2, 0.25) is 0 Å². The van der Waals surface area contributed by atoms with Crippen LogP contribution in [0.4, 0.5) is 5.69 Å². The van der Waals surface area contributed by atoms with Gasteiger partial charge >= 0.3 is 0 Å². The van der Waals surface area contributed by atoms with Crippen molar-refractivity contribution in [1.82, 2.24) is 0 Å². The summed E-state index contributed by atoms with van der Waals surface area (Å²) in [5.41, 5.74) is 10.1. The Morgan fingerprint density at radius 3 is 2.60 bits per heavy atom. The quantitative estimate of drug-likeness (QED) is 0.924. The fourth-order valence-corrected chi connectivity index (χ4v) is 2.43. The molecule has 0 aromatic heterocycles. The van der Waals surface area contributed by atoms with Crippen LogP contribution in [0, 0.1) is 18.3 Å². The van der Waals surface area contributed by atoms with E-state index in [1.807, 2.05) is 43.4 Å². The number of hydrogen-bond acceptors (Lipinski definition) is 3. The van der Waals surface area contributed by atoms with Crippen LogP contribution >= 0.6 is 0 Å². The summed E-state index contributed by atoms with van der Waals surface area (Å²) in [7, 11) is 2.01. The fourth-order valence-electron chi connectivity index (χ4n) is 2.43. The molecule has 0 amide bonds. The van der Waals surface area contributed by atoms with Gasteiger partial charge in [-0.25, -0.2) is 0 Å². The Bertz CT molecular complexity index is 628. The molecule has 20 heavy (non-hydrogen) atoms. The van der Waals surface area contributed by atoms with Gasteiger partial charge in [0.25, 0.3) is 0 Å². The summed E-state index contributed by atoms with van der Waals surface area (Å²) in [4.78, 5) is 2.13. The number of nitrogens with zero attached hydrogens (tertiary/aromatic N) is 2. The lowest BCUT2D eigenvalue weighted by molar-refractivity contribution is 0.676. The van der Waals surface area contributed by atoms with Crippen molar-refractivity contribution in [3.63, 3.8) is 0 Å². The van der Waals surface area contributed by atoms with Crippen molar-refractivity contribution < 1.29 is 0 Å². The van der Waals surface area contributed by atoms with Crippen molar-refractivity contribution in [2.24, 2.45) is 5.73 Å². The van der Waals surface area contributed by atoms with E-state index >= 15 is 0 Å². The maximum atomic E-state index is 9.01. The Morgan fingerprint density at radius 1 is 1.20 bits per heavy atom. The smallest absolute Gasteiger partial charge is 0.0992 e. The van der Waals surface area contributed by atoms with Crippen LogP contribution in [-0.4, -0.2) is 13.6 Å². The van der Waals surface area contributed by atoms with Crippen LogP contribution in [-0.2, 0) is 0 Å². The van der Waals surface area contributed by atoms with Crippen LogP contribution in [0.5, 0.6) is 0 Å². The van der Waals surface area contributed by atoms with Gasteiger partial charge in [-0.3, -0.25) is 0 Å². The normalized spacial score (nSPS) is 11.7. The first kappa shape index (κ1) is 14.1. The van der Waals surface area contributed by atoms with E-state index in [4.69, 9.17) is 11.0 Å². The van der Waals surface area contributed by atoms with E-state index in [0.717, 1.165) is 5.69 Å². The summed E-state index contributed by atoms with van der Waals surface area (Å²) in [5.74, 6) is 0. The summed E-state index contributed by atoms with van der Waals surface area (Å²) in [6, 6.07) is 18.1. The SMILES string of the molecule is Cc1ccccc1C(CN)N(C)c1cccc(C#N)c1. The van der Waals surface area contributed by atoms with E-state index in [2.05, 4.69) is 30.0 Å². The number of anilines is 1. The third-order valence-corrected chi connectivity index (χ3v) is 3.62. The molecule has 1 atom stereocenters. The standard InChI is InChI=1S/C17H19N3/c1-13-6-3-4-9-16(13)17(12-19)20(2)15-8-5-7-14(10-15)11-18/h3-10,17H,12,19H2,1-2H3. The monoisotopic (exact) mass is 265 g/mol. The molecule has 3 nitrogen and oxygen atoms in total. The average Bonchev–Trinajstić information content (AvgIpc) is 2.49. The number of nitriles is 1. The largest absolute Gasteiger partial charge is 0.366 e. The molecule has 0 saturated heterocycles. The van der Waals surface area contributed by atoms with Gasteiger partial charge in [-0.05, 0) is 36.2 Å². The molecule has 1 unspecified atom stereocenters. The van der Waals surface area contributed by atoms with Crippen molar-refractivity contribution in [2.75, 3.05) is 18.5 Å². The van der Waals surface area contributed by atoms with E-state index in [1.165, 1.54) is 11.1 Å². The maximum absolute atomic E-state index is 9.01. The lowest BCUT2D eigenvalue weighted by atomic mass is 9.99. The summed E-state index contributed by atoms with van der Waals surface area (Å²) in [5, 5.41) is 9.01. The first-order valence-electron chi connectivity index (χ1n) is 6.66. The van der Waals surface area contributed by atoms with E-state index in [0.29, 0.717) is 12.1 Å². The molecular formula is C17H19N3. The number of likely N-dealkylation sites (N-methyl/N-ethyl adjacent to an activating group) is 1. The minimum atomic E-state index is 0.102. The molecule has 2 rings (SSSR count). The molecule has 0 aliphatic carbocycles. The van der Waals surface area contributed by atoms with Crippen LogP contribution in [0.2, 0.25) is 0 Å². The highest BCUT2D eigenvalue weighted by atomic mass is 15.1. The number of rotatable bonds is 4. The fraction of sp³-hybridized carbons (Fsp3) is 0.235. The van der Waals surface area contributed by atoms with Gasteiger partial charge in [0.15, 0.2) is 0 Å². The molecule has 0 bridgehead atoms. The Balaban J connectivity index is 2.37. The second kappa shape index (κ2) is 6.23. The van der Waals surface area contributed by atoms with Crippen molar-refractivity contribution in [2.45, 2.75) is 13.0 Å². The topological polar surface area (TPSA) is 53.0 Å². The second-order valence-corrected chi connectivity index (χ2v) is 4.88. The van der Waals surface area contributed by atoms with Gasteiger partial charge in [-0.2, -0.15) is 5.26 Å². The molecule has 102 valence electrons. The number of aryl methyl sites for hydroxylation is 1. The van der Waals surface area contributed by atoms with Gasteiger partial charge in [0.05, 0.1) is 17.7 Å².